The maximum atomic E-state index is 5.38. The maximum absolute atomic E-state index is 5.38. The number of nitrogens with zero attached hydrogens (tertiary/aromatic N) is 2. The molecule has 4 nitrogen and oxygen atoms in total. The first-order valence-electron chi connectivity index (χ1n) is 4.12. The zero-order chi connectivity index (χ0) is 9.10. The first kappa shape index (κ1) is 9.36. The summed E-state index contributed by atoms with van der Waals surface area (Å²) in [6.45, 7) is 0.331. The molecule has 0 bridgehead atoms. The molecular weight excluding hydrogens is 206 g/mol. The van der Waals surface area contributed by atoms with Gasteiger partial charge in [-0.25, -0.2) is 0 Å². The van der Waals surface area contributed by atoms with Crippen molar-refractivity contribution in [2.75, 3.05) is 17.3 Å². The second kappa shape index (κ2) is 4.34. The van der Waals surface area contributed by atoms with Crippen molar-refractivity contribution in [1.82, 2.24) is 10.1 Å². The highest BCUT2D eigenvalue weighted by atomic mass is 32.2. The largest absolute Gasteiger partial charge is 0.338 e. The van der Waals surface area contributed by atoms with Gasteiger partial charge in [-0.05, 0) is 0 Å². The molecule has 0 aromatic carbocycles. The molecule has 0 amide bonds. The van der Waals surface area contributed by atoms with E-state index in [4.69, 9.17) is 10.3 Å². The van der Waals surface area contributed by atoms with Gasteiger partial charge in [0.2, 0.25) is 5.89 Å². The van der Waals surface area contributed by atoms with Crippen LogP contribution in [0.25, 0.3) is 0 Å². The van der Waals surface area contributed by atoms with Gasteiger partial charge < -0.3 is 10.3 Å². The van der Waals surface area contributed by atoms with Crippen molar-refractivity contribution in [3.05, 3.63) is 11.7 Å². The van der Waals surface area contributed by atoms with Gasteiger partial charge >= 0.3 is 0 Å². The van der Waals surface area contributed by atoms with Gasteiger partial charge in [0.1, 0.15) is 0 Å². The van der Waals surface area contributed by atoms with Crippen molar-refractivity contribution in [3.63, 3.8) is 0 Å². The summed E-state index contributed by atoms with van der Waals surface area (Å²) in [4.78, 5) is 4.22. The van der Waals surface area contributed by atoms with Crippen molar-refractivity contribution in [3.8, 4) is 0 Å². The fraction of sp³-hybridized carbons (Fsp3) is 0.714. The van der Waals surface area contributed by atoms with Gasteiger partial charge in [-0.15, -0.1) is 11.8 Å². The number of rotatable bonds is 2. The lowest BCUT2D eigenvalue weighted by molar-refractivity contribution is 0.375. The van der Waals surface area contributed by atoms with Crippen molar-refractivity contribution < 1.29 is 4.52 Å². The quantitative estimate of drug-likeness (QED) is 0.798. The molecule has 0 saturated carbocycles. The number of thioether (sulfide) groups is 2. The van der Waals surface area contributed by atoms with Gasteiger partial charge in [0.15, 0.2) is 5.82 Å². The molecule has 0 aliphatic carbocycles. The monoisotopic (exact) mass is 217 g/mol. The normalized spacial score (nSPS) is 23.3. The number of aromatic nitrogens is 2. The number of hydrogen-bond donors (Lipinski definition) is 1. The third-order valence-corrected chi connectivity index (χ3v) is 4.51. The molecule has 1 aliphatic heterocycles. The Hall–Kier alpha value is -0.200. The lowest BCUT2D eigenvalue weighted by atomic mass is 10.4. The highest BCUT2D eigenvalue weighted by Gasteiger charge is 2.21. The first-order valence-corrected chi connectivity index (χ1v) is 6.32. The van der Waals surface area contributed by atoms with Gasteiger partial charge in [0.25, 0.3) is 0 Å². The Morgan fingerprint density at radius 3 is 3.08 bits per heavy atom. The van der Waals surface area contributed by atoms with Crippen LogP contribution < -0.4 is 5.73 Å². The molecule has 1 aromatic heterocycles. The Labute approximate surface area is 85.0 Å². The van der Waals surface area contributed by atoms with E-state index in [1.807, 2.05) is 23.5 Å². The summed E-state index contributed by atoms with van der Waals surface area (Å²) in [6.07, 6.45) is 0. The molecule has 0 spiro atoms. The zero-order valence-electron chi connectivity index (χ0n) is 7.10. The minimum absolute atomic E-state index is 0.331. The molecule has 72 valence electrons. The summed E-state index contributed by atoms with van der Waals surface area (Å²) in [5.74, 6) is 4.81. The Morgan fingerprint density at radius 2 is 2.46 bits per heavy atom. The van der Waals surface area contributed by atoms with Gasteiger partial charge in [0.05, 0.1) is 11.8 Å². The molecule has 13 heavy (non-hydrogen) atoms. The number of nitrogens with two attached hydrogens (primary N) is 1. The second-order valence-corrected chi connectivity index (χ2v) is 5.15. The average Bonchev–Trinajstić information content (AvgIpc) is 2.67. The minimum Gasteiger partial charge on any atom is -0.338 e. The highest BCUT2D eigenvalue weighted by molar-refractivity contribution is 8.06. The van der Waals surface area contributed by atoms with Crippen LogP contribution in [-0.4, -0.2) is 27.4 Å². The standard InChI is InChI=1S/C7H11N3OS2/c8-3-6-9-7(10-11-6)5-4-12-1-2-13-5/h5H,1-4,8H2. The van der Waals surface area contributed by atoms with E-state index in [9.17, 15) is 0 Å². The lowest BCUT2D eigenvalue weighted by Crippen LogP contribution is -2.08. The summed E-state index contributed by atoms with van der Waals surface area (Å²) < 4.78 is 4.96. The van der Waals surface area contributed by atoms with E-state index in [0.717, 1.165) is 11.6 Å². The smallest absolute Gasteiger partial charge is 0.240 e. The first-order chi connectivity index (χ1) is 6.40. The van der Waals surface area contributed by atoms with Crippen LogP contribution in [0.5, 0.6) is 0 Å². The predicted molar refractivity (Wildman–Crippen MR) is 54.7 cm³/mol. The molecule has 1 atom stereocenters. The summed E-state index contributed by atoms with van der Waals surface area (Å²) in [7, 11) is 0. The van der Waals surface area contributed by atoms with E-state index in [0.29, 0.717) is 17.7 Å². The van der Waals surface area contributed by atoms with Crippen molar-refractivity contribution in [2.24, 2.45) is 5.73 Å². The third kappa shape index (κ3) is 2.18. The molecule has 1 fully saturated rings. The zero-order valence-corrected chi connectivity index (χ0v) is 8.74. The van der Waals surface area contributed by atoms with Crippen LogP contribution in [0.15, 0.2) is 4.52 Å². The van der Waals surface area contributed by atoms with Gasteiger partial charge in [-0.3, -0.25) is 0 Å². The highest BCUT2D eigenvalue weighted by Crippen LogP contribution is 2.34. The number of hydrogen-bond acceptors (Lipinski definition) is 6. The molecule has 0 radical (unpaired) electrons. The molecule has 1 saturated heterocycles. The van der Waals surface area contributed by atoms with E-state index in [1.54, 1.807) is 0 Å². The fourth-order valence-electron chi connectivity index (χ4n) is 1.12. The van der Waals surface area contributed by atoms with Crippen molar-refractivity contribution in [1.29, 1.82) is 0 Å². The molecular formula is C7H11N3OS2. The van der Waals surface area contributed by atoms with Crippen molar-refractivity contribution >= 4 is 23.5 Å². The van der Waals surface area contributed by atoms with Crippen LogP contribution in [0.2, 0.25) is 0 Å². The van der Waals surface area contributed by atoms with E-state index in [-0.39, 0.29) is 0 Å². The molecule has 2 heterocycles. The van der Waals surface area contributed by atoms with Gasteiger partial charge in [0, 0.05) is 17.3 Å². The van der Waals surface area contributed by atoms with Crippen LogP contribution in [0.1, 0.15) is 17.0 Å². The molecule has 1 aliphatic rings. The Morgan fingerprint density at radius 1 is 1.54 bits per heavy atom. The van der Waals surface area contributed by atoms with Crippen LogP contribution in [0.3, 0.4) is 0 Å². The van der Waals surface area contributed by atoms with Gasteiger partial charge in [-0.2, -0.15) is 16.7 Å². The van der Waals surface area contributed by atoms with Crippen LogP contribution in [0, 0.1) is 0 Å². The van der Waals surface area contributed by atoms with Crippen LogP contribution in [-0.2, 0) is 6.54 Å². The molecule has 1 aromatic rings. The predicted octanol–water partition coefficient (Wildman–Crippen LogP) is 1.05. The second-order valence-electron chi connectivity index (χ2n) is 2.68. The van der Waals surface area contributed by atoms with Crippen LogP contribution >= 0.6 is 23.5 Å². The van der Waals surface area contributed by atoms with E-state index >= 15 is 0 Å². The summed E-state index contributed by atoms with van der Waals surface area (Å²) in [5.41, 5.74) is 5.38. The minimum atomic E-state index is 0.331. The topological polar surface area (TPSA) is 64.9 Å². The Kier molecular flexibility index (Phi) is 3.13. The molecule has 2 N–H and O–H groups in total. The Balaban J connectivity index is 2.05. The fourth-order valence-corrected chi connectivity index (χ4v) is 3.71. The van der Waals surface area contributed by atoms with Crippen LogP contribution in [0.4, 0.5) is 0 Å². The van der Waals surface area contributed by atoms with E-state index in [1.165, 1.54) is 11.5 Å². The van der Waals surface area contributed by atoms with Gasteiger partial charge in [-0.1, -0.05) is 5.16 Å². The average molecular weight is 217 g/mol. The van der Waals surface area contributed by atoms with E-state index in [2.05, 4.69) is 10.1 Å². The summed E-state index contributed by atoms with van der Waals surface area (Å²) >= 11 is 3.83. The third-order valence-electron chi connectivity index (χ3n) is 1.76. The molecule has 2 rings (SSSR count). The summed E-state index contributed by atoms with van der Waals surface area (Å²) in [5, 5.41) is 4.30. The van der Waals surface area contributed by atoms with E-state index < -0.39 is 0 Å². The Bertz CT molecular complexity index is 272. The van der Waals surface area contributed by atoms with Crippen molar-refractivity contribution in [2.45, 2.75) is 11.8 Å². The molecule has 1 unspecified atom stereocenters. The SMILES string of the molecule is NCc1nc(C2CSCCS2)no1. The summed E-state index contributed by atoms with van der Waals surface area (Å²) in [6, 6.07) is 0. The lowest BCUT2D eigenvalue weighted by Gasteiger charge is -2.16. The molecule has 6 heteroatoms. The maximum Gasteiger partial charge on any atom is 0.240 e.